The highest BCUT2D eigenvalue weighted by Crippen LogP contribution is 2.27. The molecule has 9 heteroatoms. The Morgan fingerprint density at radius 2 is 2.00 bits per heavy atom. The predicted octanol–water partition coefficient (Wildman–Crippen LogP) is 2.67. The fourth-order valence-electron chi connectivity index (χ4n) is 4.17. The third-order valence-corrected chi connectivity index (χ3v) is 6.23. The summed E-state index contributed by atoms with van der Waals surface area (Å²) in [6, 6.07) is 11.0. The summed E-state index contributed by atoms with van der Waals surface area (Å²) in [5, 5.41) is 2.77. The second-order valence-electron chi connectivity index (χ2n) is 9.04. The molecule has 1 aromatic heterocycles. The molecule has 0 saturated heterocycles. The zero-order valence-electron chi connectivity index (χ0n) is 21.2. The van der Waals surface area contributed by atoms with Crippen molar-refractivity contribution in [3.05, 3.63) is 53.9 Å². The number of carbonyl (C=O) groups excluding carboxylic acids is 2. The van der Waals surface area contributed by atoms with Gasteiger partial charge in [-0.2, -0.15) is 0 Å². The van der Waals surface area contributed by atoms with Crippen molar-refractivity contribution in [2.24, 2.45) is 5.92 Å². The second-order valence-corrected chi connectivity index (χ2v) is 9.04. The van der Waals surface area contributed by atoms with Crippen LogP contribution >= 0.6 is 0 Å². The number of likely N-dealkylation sites (N-methyl/N-ethyl adjacent to an activating group) is 1. The lowest BCUT2D eigenvalue weighted by atomic mass is 10.0. The largest absolute Gasteiger partial charge is 0.491 e. The van der Waals surface area contributed by atoms with Crippen LogP contribution in [-0.2, 0) is 20.8 Å². The quantitative estimate of drug-likeness (QED) is 0.674. The number of nitrogens with one attached hydrogen (secondary N) is 1. The van der Waals surface area contributed by atoms with Gasteiger partial charge in [-0.25, -0.2) is 0 Å². The molecule has 2 amide bonds. The number of anilines is 1. The Labute approximate surface area is 207 Å². The number of pyridine rings is 1. The smallest absolute Gasteiger partial charge is 0.257 e. The molecule has 1 aliphatic heterocycles. The van der Waals surface area contributed by atoms with E-state index in [1.165, 1.54) is 7.11 Å². The van der Waals surface area contributed by atoms with Gasteiger partial charge in [-0.1, -0.05) is 13.0 Å². The molecule has 1 aliphatic rings. The lowest BCUT2D eigenvalue weighted by molar-refractivity contribution is -0.119. The lowest BCUT2D eigenvalue weighted by Crippen LogP contribution is -2.46. The molecule has 35 heavy (non-hydrogen) atoms. The molecule has 0 aliphatic carbocycles. The molecule has 0 spiro atoms. The van der Waals surface area contributed by atoms with Crippen LogP contribution in [0.15, 0.2) is 42.6 Å². The van der Waals surface area contributed by atoms with Gasteiger partial charge in [0.25, 0.3) is 5.91 Å². The van der Waals surface area contributed by atoms with E-state index in [0.717, 1.165) is 12.2 Å². The van der Waals surface area contributed by atoms with Crippen LogP contribution in [0.25, 0.3) is 0 Å². The average molecular weight is 485 g/mol. The number of hydrogen-bond donors (Lipinski definition) is 1. The van der Waals surface area contributed by atoms with E-state index in [1.54, 1.807) is 43.5 Å². The molecule has 2 aromatic rings. The first-order valence-electron chi connectivity index (χ1n) is 11.8. The number of fused-ring (bicyclic) bond motifs is 1. The van der Waals surface area contributed by atoms with Gasteiger partial charge >= 0.3 is 0 Å². The van der Waals surface area contributed by atoms with E-state index < -0.39 is 0 Å². The number of amides is 2. The molecule has 0 unspecified atom stereocenters. The summed E-state index contributed by atoms with van der Waals surface area (Å²) >= 11 is 0. The number of nitrogens with zero attached hydrogens (tertiary/aromatic N) is 3. The summed E-state index contributed by atoms with van der Waals surface area (Å²) < 4.78 is 16.9. The maximum atomic E-state index is 13.3. The van der Waals surface area contributed by atoms with E-state index in [4.69, 9.17) is 14.2 Å². The van der Waals surface area contributed by atoms with Crippen molar-refractivity contribution >= 4 is 17.5 Å². The summed E-state index contributed by atoms with van der Waals surface area (Å²) in [6.45, 7) is 6.39. The minimum atomic E-state index is -0.282. The van der Waals surface area contributed by atoms with Crippen molar-refractivity contribution in [3.8, 4) is 5.75 Å². The van der Waals surface area contributed by atoms with E-state index >= 15 is 0 Å². The Hall–Kier alpha value is -3.01. The number of carbonyl (C=O) groups is 2. The van der Waals surface area contributed by atoms with Gasteiger partial charge in [-0.05, 0) is 37.1 Å². The van der Waals surface area contributed by atoms with Gasteiger partial charge in [0.15, 0.2) is 0 Å². The topological polar surface area (TPSA) is 93.2 Å². The van der Waals surface area contributed by atoms with Crippen LogP contribution in [-0.4, -0.2) is 86.3 Å². The van der Waals surface area contributed by atoms with Crippen LogP contribution in [0.1, 0.15) is 29.9 Å². The van der Waals surface area contributed by atoms with E-state index in [2.05, 4.69) is 29.0 Å². The van der Waals surface area contributed by atoms with Crippen LogP contribution in [0.5, 0.6) is 5.75 Å². The molecule has 9 nitrogen and oxygen atoms in total. The summed E-state index contributed by atoms with van der Waals surface area (Å²) in [5.74, 6) is 0.140. The number of aromatic nitrogens is 1. The molecule has 1 aromatic carbocycles. The van der Waals surface area contributed by atoms with Crippen LogP contribution in [0.3, 0.4) is 0 Å². The van der Waals surface area contributed by atoms with Crippen molar-refractivity contribution in [1.29, 1.82) is 0 Å². The highest BCUT2D eigenvalue weighted by atomic mass is 16.5. The minimum absolute atomic E-state index is 0.0313. The number of ether oxygens (including phenoxy) is 3. The SMILES string of the molecule is COCC(=O)Nc1ccc2c(c1)OC[C@@H](C)N(Cc1ccccn1)C[C@@H](C)[C@H](OC)CN(C)C2=O. The van der Waals surface area contributed by atoms with Gasteiger partial charge in [-0.15, -0.1) is 0 Å². The molecular formula is C26H36N4O5. The Morgan fingerprint density at radius 1 is 1.20 bits per heavy atom. The molecule has 2 heterocycles. The highest BCUT2D eigenvalue weighted by molar-refractivity contribution is 5.98. The van der Waals surface area contributed by atoms with E-state index in [-0.39, 0.29) is 36.5 Å². The van der Waals surface area contributed by atoms with Crippen LogP contribution in [0.2, 0.25) is 0 Å². The Kier molecular flexibility index (Phi) is 9.59. The van der Waals surface area contributed by atoms with Gasteiger partial charge in [0.05, 0.1) is 17.4 Å². The Balaban J connectivity index is 1.92. The first-order valence-corrected chi connectivity index (χ1v) is 11.8. The van der Waals surface area contributed by atoms with E-state index in [9.17, 15) is 9.59 Å². The van der Waals surface area contributed by atoms with Crippen molar-refractivity contribution in [2.75, 3.05) is 52.9 Å². The summed E-state index contributed by atoms with van der Waals surface area (Å²) in [6.07, 6.45) is 1.66. The third-order valence-electron chi connectivity index (χ3n) is 6.23. The van der Waals surface area contributed by atoms with Crippen molar-refractivity contribution in [2.45, 2.75) is 32.5 Å². The highest BCUT2D eigenvalue weighted by Gasteiger charge is 2.28. The van der Waals surface area contributed by atoms with Gasteiger partial charge in [-0.3, -0.25) is 19.5 Å². The van der Waals surface area contributed by atoms with E-state index in [0.29, 0.717) is 36.7 Å². The molecule has 0 radical (unpaired) electrons. The molecule has 0 fully saturated rings. The van der Waals surface area contributed by atoms with Crippen LogP contribution in [0.4, 0.5) is 5.69 Å². The Bertz CT molecular complexity index is 987. The van der Waals surface area contributed by atoms with Crippen LogP contribution in [0, 0.1) is 5.92 Å². The molecule has 190 valence electrons. The summed E-state index contributed by atoms with van der Waals surface area (Å²) in [5.41, 5.74) is 1.95. The second kappa shape index (κ2) is 12.6. The Morgan fingerprint density at radius 3 is 2.69 bits per heavy atom. The fourth-order valence-corrected chi connectivity index (χ4v) is 4.17. The van der Waals surface area contributed by atoms with Crippen molar-refractivity contribution in [3.63, 3.8) is 0 Å². The summed E-state index contributed by atoms with van der Waals surface area (Å²) in [7, 11) is 4.91. The zero-order chi connectivity index (χ0) is 25.4. The third kappa shape index (κ3) is 7.24. The number of rotatable bonds is 6. The first kappa shape index (κ1) is 26.6. The van der Waals surface area contributed by atoms with Crippen molar-refractivity contribution < 1.29 is 23.8 Å². The maximum Gasteiger partial charge on any atom is 0.257 e. The molecule has 3 atom stereocenters. The molecule has 1 N–H and O–H groups in total. The van der Waals surface area contributed by atoms with Gasteiger partial charge in [0.1, 0.15) is 19.0 Å². The lowest BCUT2D eigenvalue weighted by Gasteiger charge is -2.35. The fraction of sp³-hybridized carbons (Fsp3) is 0.500. The van der Waals surface area contributed by atoms with E-state index in [1.807, 2.05) is 18.2 Å². The molecule has 3 rings (SSSR count). The van der Waals surface area contributed by atoms with Crippen molar-refractivity contribution in [1.82, 2.24) is 14.8 Å². The number of hydrogen-bond acceptors (Lipinski definition) is 7. The number of benzene rings is 1. The average Bonchev–Trinajstić information content (AvgIpc) is 2.85. The molecule has 0 bridgehead atoms. The minimum Gasteiger partial charge on any atom is -0.491 e. The van der Waals surface area contributed by atoms with Gasteiger partial charge in [0, 0.05) is 64.9 Å². The molecule has 0 saturated carbocycles. The normalized spacial score (nSPS) is 21.9. The van der Waals surface area contributed by atoms with Gasteiger partial charge < -0.3 is 24.4 Å². The number of methoxy groups -OCH3 is 2. The van der Waals surface area contributed by atoms with Crippen LogP contribution < -0.4 is 10.1 Å². The zero-order valence-corrected chi connectivity index (χ0v) is 21.2. The van der Waals surface area contributed by atoms with Gasteiger partial charge in [0.2, 0.25) is 5.91 Å². The standard InChI is InChI=1S/C26H36N4O5/c1-18-13-30(14-21-8-6-7-11-27-21)19(2)16-35-23-12-20(28-25(31)17-33-4)9-10-22(23)26(32)29(3)15-24(18)34-5/h6-12,18-19,24H,13-17H2,1-5H3,(H,28,31)/t18-,19-,24-/m1/s1. The predicted molar refractivity (Wildman–Crippen MR) is 133 cm³/mol. The first-order chi connectivity index (χ1) is 16.8. The monoisotopic (exact) mass is 484 g/mol. The summed E-state index contributed by atoms with van der Waals surface area (Å²) in [4.78, 5) is 33.8. The molecular weight excluding hydrogens is 448 g/mol. The maximum absolute atomic E-state index is 13.3.